The third-order valence-corrected chi connectivity index (χ3v) is 6.77. The molecule has 0 unspecified atom stereocenters. The second-order valence-electron chi connectivity index (χ2n) is 9.80. The first-order valence-electron chi connectivity index (χ1n) is 12.8. The molecule has 0 radical (unpaired) electrons. The molecule has 4 rings (SSSR count). The van der Waals surface area contributed by atoms with Crippen LogP contribution < -0.4 is 4.74 Å². The van der Waals surface area contributed by atoms with E-state index in [9.17, 15) is 14.7 Å². The van der Waals surface area contributed by atoms with E-state index in [-0.39, 0.29) is 42.7 Å². The van der Waals surface area contributed by atoms with E-state index in [1.54, 1.807) is 41.5 Å². The predicted molar refractivity (Wildman–Crippen MR) is 146 cm³/mol. The van der Waals surface area contributed by atoms with Crippen LogP contribution in [-0.2, 0) is 11.2 Å². The van der Waals surface area contributed by atoms with Crippen molar-refractivity contribution in [2.45, 2.75) is 32.4 Å². The molecule has 0 saturated carbocycles. The van der Waals surface area contributed by atoms with Crippen molar-refractivity contribution in [1.29, 1.82) is 0 Å². The van der Waals surface area contributed by atoms with Gasteiger partial charge in [-0.25, -0.2) is 4.98 Å². The highest BCUT2D eigenvalue weighted by atomic mass is 16.5. The first-order chi connectivity index (χ1) is 18.4. The van der Waals surface area contributed by atoms with Crippen molar-refractivity contribution < 1.29 is 19.4 Å². The van der Waals surface area contributed by atoms with Gasteiger partial charge in [-0.05, 0) is 35.7 Å². The number of amides is 2. The number of benzene rings is 1. The minimum Gasteiger partial charge on any atom is -0.472 e. The number of likely N-dealkylation sites (N-methyl/N-ethyl adjacent to an activating group) is 1. The molecule has 0 aliphatic carbocycles. The van der Waals surface area contributed by atoms with Crippen LogP contribution in [0.1, 0.15) is 40.9 Å². The highest BCUT2D eigenvalue weighted by molar-refractivity contribution is 5.97. The molecule has 38 heavy (non-hydrogen) atoms. The Morgan fingerprint density at radius 3 is 2.66 bits per heavy atom. The lowest BCUT2D eigenvalue weighted by molar-refractivity contribution is -0.130. The zero-order chi connectivity index (χ0) is 27.1. The van der Waals surface area contributed by atoms with Crippen LogP contribution in [0.4, 0.5) is 0 Å². The molecule has 0 spiro atoms. The normalized spacial score (nSPS) is 18.3. The lowest BCUT2D eigenvalue weighted by atomic mass is 9.99. The van der Waals surface area contributed by atoms with E-state index in [4.69, 9.17) is 4.74 Å². The van der Waals surface area contributed by atoms with Gasteiger partial charge in [0.15, 0.2) is 0 Å². The Morgan fingerprint density at radius 2 is 1.95 bits per heavy atom. The number of hydrogen-bond donors (Lipinski definition) is 1. The molecule has 2 amide bonds. The summed E-state index contributed by atoms with van der Waals surface area (Å²) in [7, 11) is 1.75. The summed E-state index contributed by atoms with van der Waals surface area (Å²) in [6.07, 6.45) is 8.73. The van der Waals surface area contributed by atoms with Crippen molar-refractivity contribution in [3.8, 4) is 5.88 Å². The van der Waals surface area contributed by atoms with Crippen LogP contribution in [0.2, 0.25) is 0 Å². The van der Waals surface area contributed by atoms with E-state index in [2.05, 4.69) is 9.97 Å². The molecule has 3 heterocycles. The van der Waals surface area contributed by atoms with Gasteiger partial charge in [0.1, 0.15) is 11.7 Å². The summed E-state index contributed by atoms with van der Waals surface area (Å²) < 4.78 is 6.32. The quantitative estimate of drug-likeness (QED) is 0.494. The van der Waals surface area contributed by atoms with Crippen molar-refractivity contribution in [3.63, 3.8) is 0 Å². The predicted octanol–water partition coefficient (Wildman–Crippen LogP) is 3.57. The molecule has 0 bridgehead atoms. The molecule has 198 valence electrons. The highest BCUT2D eigenvalue weighted by Gasteiger charge is 2.34. The largest absolute Gasteiger partial charge is 0.472 e. The molecular weight excluding hydrogens is 480 g/mol. The van der Waals surface area contributed by atoms with Crippen molar-refractivity contribution >= 4 is 24.0 Å². The lowest BCUT2D eigenvalue weighted by Gasteiger charge is -2.37. The Bertz CT molecular complexity index is 1270. The number of aliphatic hydroxyl groups excluding tert-OH is 1. The van der Waals surface area contributed by atoms with Gasteiger partial charge in [-0.1, -0.05) is 55.5 Å². The van der Waals surface area contributed by atoms with Gasteiger partial charge in [-0.2, -0.15) is 0 Å². The minimum atomic E-state index is -0.406. The first-order valence-corrected chi connectivity index (χ1v) is 12.8. The molecule has 1 aliphatic rings. The van der Waals surface area contributed by atoms with Gasteiger partial charge in [-0.15, -0.1) is 0 Å². The summed E-state index contributed by atoms with van der Waals surface area (Å²) in [5.74, 6) is -0.182. The fourth-order valence-corrected chi connectivity index (χ4v) is 4.37. The Kier molecular flexibility index (Phi) is 8.86. The molecule has 3 atom stereocenters. The maximum absolute atomic E-state index is 13.6. The van der Waals surface area contributed by atoms with Gasteiger partial charge in [-0.3, -0.25) is 14.6 Å². The molecule has 1 aliphatic heterocycles. The number of carbonyl (C=O) groups is 2. The number of ether oxygens (including phenoxy) is 1. The second kappa shape index (κ2) is 12.5. The molecule has 1 aromatic carbocycles. The number of nitrogens with zero attached hydrogens (tertiary/aromatic N) is 4. The van der Waals surface area contributed by atoms with Crippen molar-refractivity contribution in [2.75, 3.05) is 26.7 Å². The lowest BCUT2D eigenvalue weighted by Crippen LogP contribution is -2.50. The zero-order valence-corrected chi connectivity index (χ0v) is 22.0. The van der Waals surface area contributed by atoms with Crippen LogP contribution in [0.5, 0.6) is 5.88 Å². The highest BCUT2D eigenvalue weighted by Crippen LogP contribution is 2.28. The van der Waals surface area contributed by atoms with E-state index in [1.165, 1.54) is 0 Å². The summed E-state index contributed by atoms with van der Waals surface area (Å²) in [6.45, 7) is 4.34. The Hall–Kier alpha value is -4.04. The fourth-order valence-electron chi connectivity index (χ4n) is 4.37. The summed E-state index contributed by atoms with van der Waals surface area (Å²) in [5.41, 5.74) is 2.97. The van der Waals surface area contributed by atoms with Crippen LogP contribution in [-0.4, -0.2) is 75.6 Å². The minimum absolute atomic E-state index is 0.0536. The fraction of sp³-hybridized carbons (Fsp3) is 0.333. The molecule has 8 nitrogen and oxygen atoms in total. The van der Waals surface area contributed by atoms with Gasteiger partial charge < -0.3 is 19.6 Å². The molecular formula is C30H34N4O4. The molecule has 1 N–H and O–H groups in total. The average Bonchev–Trinajstić information content (AvgIpc) is 2.94. The van der Waals surface area contributed by atoms with Crippen LogP contribution in [0, 0.1) is 5.92 Å². The standard InChI is InChI=1S/C30H34N4O4/c1-21-18-34(22(2)20-35)30(37)26-14-25(12-11-23-8-5-4-6-9-23)17-32-29(26)38-27(21)19-33(3)28(36)15-24-10-7-13-31-16-24/h4-14,16-17,21-22,27,35H,15,18-20H2,1-3H3/t21-,22-,27-/m0/s1. The van der Waals surface area contributed by atoms with E-state index in [1.807, 2.05) is 68.5 Å². The monoisotopic (exact) mass is 514 g/mol. The zero-order valence-electron chi connectivity index (χ0n) is 22.0. The van der Waals surface area contributed by atoms with Crippen molar-refractivity contribution in [1.82, 2.24) is 19.8 Å². The molecule has 2 aromatic heterocycles. The third-order valence-electron chi connectivity index (χ3n) is 6.77. The number of pyridine rings is 2. The van der Waals surface area contributed by atoms with Crippen molar-refractivity contribution in [2.24, 2.45) is 5.92 Å². The van der Waals surface area contributed by atoms with Crippen LogP contribution in [0.25, 0.3) is 12.2 Å². The average molecular weight is 515 g/mol. The molecule has 3 aromatic rings. The van der Waals surface area contributed by atoms with Gasteiger partial charge >= 0.3 is 0 Å². The van der Waals surface area contributed by atoms with E-state index < -0.39 is 6.10 Å². The topological polar surface area (TPSA) is 95.9 Å². The number of aliphatic hydroxyl groups is 1. The van der Waals surface area contributed by atoms with Gasteiger partial charge in [0.05, 0.1) is 25.6 Å². The van der Waals surface area contributed by atoms with Crippen LogP contribution in [0.15, 0.2) is 67.1 Å². The van der Waals surface area contributed by atoms with Crippen molar-refractivity contribution in [3.05, 3.63) is 89.4 Å². The SMILES string of the molecule is C[C@H]1CN([C@@H](C)CO)C(=O)c2cc(C=Cc3ccccc3)cnc2O[C@H]1CN(C)C(=O)Cc1cccnc1. The third kappa shape index (κ3) is 6.63. The summed E-state index contributed by atoms with van der Waals surface area (Å²) in [4.78, 5) is 38.4. The van der Waals surface area contributed by atoms with Crippen LogP contribution in [0.3, 0.4) is 0 Å². The van der Waals surface area contributed by atoms with Crippen LogP contribution >= 0.6 is 0 Å². The van der Waals surface area contributed by atoms with Gasteiger partial charge in [0.2, 0.25) is 11.8 Å². The number of fused-ring (bicyclic) bond motifs is 1. The first kappa shape index (κ1) is 27.0. The number of aromatic nitrogens is 2. The maximum Gasteiger partial charge on any atom is 0.259 e. The smallest absolute Gasteiger partial charge is 0.259 e. The Balaban J connectivity index is 1.59. The number of carbonyl (C=O) groups excluding carboxylic acids is 2. The summed E-state index contributed by atoms with van der Waals surface area (Å²) >= 11 is 0. The van der Waals surface area contributed by atoms with E-state index in [0.29, 0.717) is 18.7 Å². The number of rotatable bonds is 8. The number of hydrogen-bond acceptors (Lipinski definition) is 6. The molecule has 8 heteroatoms. The Labute approximate surface area is 223 Å². The maximum atomic E-state index is 13.6. The molecule has 0 fully saturated rings. The second-order valence-corrected chi connectivity index (χ2v) is 9.80. The summed E-state index contributed by atoms with van der Waals surface area (Å²) in [5, 5.41) is 9.88. The molecule has 0 saturated heterocycles. The van der Waals surface area contributed by atoms with E-state index in [0.717, 1.165) is 16.7 Å². The summed E-state index contributed by atoms with van der Waals surface area (Å²) in [6, 6.07) is 14.9. The Morgan fingerprint density at radius 1 is 1.18 bits per heavy atom. The van der Waals surface area contributed by atoms with Gasteiger partial charge in [0, 0.05) is 38.1 Å². The van der Waals surface area contributed by atoms with Gasteiger partial charge in [0.25, 0.3) is 5.91 Å². The van der Waals surface area contributed by atoms with E-state index >= 15 is 0 Å².